The molecule has 0 aliphatic heterocycles. The molecule has 0 radical (unpaired) electrons. The molecule has 1 aromatic carbocycles. The number of benzene rings is 1. The van der Waals surface area contributed by atoms with E-state index in [9.17, 15) is 0 Å². The van der Waals surface area contributed by atoms with Crippen LogP contribution >= 0.6 is 15.9 Å². The second-order valence-electron chi connectivity index (χ2n) is 2.99. The summed E-state index contributed by atoms with van der Waals surface area (Å²) in [6.07, 6.45) is 5.12. The van der Waals surface area contributed by atoms with Gasteiger partial charge in [-0.15, -0.1) is 0 Å². The van der Waals surface area contributed by atoms with E-state index in [1.807, 2.05) is 0 Å². The molecule has 0 amide bonds. The van der Waals surface area contributed by atoms with Gasteiger partial charge in [-0.1, -0.05) is 40.2 Å². The van der Waals surface area contributed by atoms with Gasteiger partial charge in [-0.05, 0) is 37.1 Å². The van der Waals surface area contributed by atoms with Crippen LogP contribution in [0.25, 0.3) is 6.08 Å². The number of hydrogen-bond acceptors (Lipinski definition) is 1. The Labute approximate surface area is 87.8 Å². The van der Waals surface area contributed by atoms with Crippen LogP contribution in [0.3, 0.4) is 0 Å². The molecule has 70 valence electrons. The van der Waals surface area contributed by atoms with Gasteiger partial charge in [0.2, 0.25) is 0 Å². The summed E-state index contributed by atoms with van der Waals surface area (Å²) in [5.41, 5.74) is 7.86. The second kappa shape index (κ2) is 5.20. The third-order valence-electron chi connectivity index (χ3n) is 1.84. The predicted molar refractivity (Wildman–Crippen MR) is 61.6 cm³/mol. The Morgan fingerprint density at radius 3 is 2.85 bits per heavy atom. The van der Waals surface area contributed by atoms with Crippen molar-refractivity contribution >= 4 is 22.0 Å². The van der Waals surface area contributed by atoms with E-state index in [1.54, 1.807) is 0 Å². The molecule has 1 aromatic rings. The zero-order chi connectivity index (χ0) is 9.68. The molecule has 0 atom stereocenters. The summed E-state index contributed by atoms with van der Waals surface area (Å²) >= 11 is 3.50. The van der Waals surface area contributed by atoms with E-state index in [2.05, 4.69) is 53.2 Å². The van der Waals surface area contributed by atoms with Crippen LogP contribution in [0.15, 0.2) is 28.7 Å². The lowest BCUT2D eigenvalue weighted by molar-refractivity contribution is 1.01. The smallest absolute Gasteiger partial charge is 0.0210 e. The van der Waals surface area contributed by atoms with Crippen molar-refractivity contribution in [1.29, 1.82) is 0 Å². The van der Waals surface area contributed by atoms with Crippen molar-refractivity contribution in [3.05, 3.63) is 39.9 Å². The summed E-state index contributed by atoms with van der Waals surface area (Å²) in [5, 5.41) is 0. The molecule has 0 heterocycles. The van der Waals surface area contributed by atoms with Crippen molar-refractivity contribution < 1.29 is 0 Å². The van der Waals surface area contributed by atoms with E-state index in [1.165, 1.54) is 11.1 Å². The monoisotopic (exact) mass is 239 g/mol. The molecule has 0 aliphatic rings. The summed E-state index contributed by atoms with van der Waals surface area (Å²) in [7, 11) is 0. The normalized spacial score (nSPS) is 11.0. The van der Waals surface area contributed by atoms with Crippen LogP contribution < -0.4 is 5.73 Å². The van der Waals surface area contributed by atoms with Gasteiger partial charge in [-0.2, -0.15) is 0 Å². The van der Waals surface area contributed by atoms with Crippen molar-refractivity contribution in [2.75, 3.05) is 6.54 Å². The van der Waals surface area contributed by atoms with Crippen molar-refractivity contribution in [2.24, 2.45) is 5.73 Å². The highest BCUT2D eigenvalue weighted by molar-refractivity contribution is 9.10. The highest BCUT2D eigenvalue weighted by Gasteiger charge is 1.93. The average molecular weight is 240 g/mol. The lowest BCUT2D eigenvalue weighted by Crippen LogP contribution is -1.94. The van der Waals surface area contributed by atoms with Gasteiger partial charge in [0, 0.05) is 4.47 Å². The predicted octanol–water partition coefficient (Wildman–Crippen LogP) is 3.12. The maximum Gasteiger partial charge on any atom is 0.0210 e. The van der Waals surface area contributed by atoms with Crippen LogP contribution in [-0.2, 0) is 0 Å². The molecule has 1 rings (SSSR count). The molecule has 2 heteroatoms. The highest BCUT2D eigenvalue weighted by Crippen LogP contribution is 2.18. The molecule has 0 saturated heterocycles. The van der Waals surface area contributed by atoms with E-state index >= 15 is 0 Å². The maximum absolute atomic E-state index is 5.39. The van der Waals surface area contributed by atoms with Crippen LogP contribution in [0.1, 0.15) is 17.5 Å². The lowest BCUT2D eigenvalue weighted by atomic mass is 10.1. The lowest BCUT2D eigenvalue weighted by Gasteiger charge is -1.98. The van der Waals surface area contributed by atoms with Crippen molar-refractivity contribution in [3.8, 4) is 0 Å². The molecule has 13 heavy (non-hydrogen) atoms. The zero-order valence-corrected chi connectivity index (χ0v) is 9.34. The van der Waals surface area contributed by atoms with Crippen molar-refractivity contribution in [2.45, 2.75) is 13.3 Å². The molecule has 0 spiro atoms. The fourth-order valence-electron chi connectivity index (χ4n) is 1.03. The quantitative estimate of drug-likeness (QED) is 0.863. The standard InChI is InChI=1S/C11H14BrN/c1-9-5-6-10(8-11(9)12)4-2-3-7-13/h2,4-6,8H,3,7,13H2,1H3. The fourth-order valence-corrected chi connectivity index (χ4v) is 1.42. The molecule has 2 N–H and O–H groups in total. The van der Waals surface area contributed by atoms with Crippen molar-refractivity contribution in [1.82, 2.24) is 0 Å². The molecule has 0 saturated carbocycles. The molecule has 0 unspecified atom stereocenters. The number of rotatable bonds is 3. The van der Waals surface area contributed by atoms with Gasteiger partial charge in [0.1, 0.15) is 0 Å². The first-order chi connectivity index (χ1) is 6.24. The average Bonchev–Trinajstić information content (AvgIpc) is 2.12. The van der Waals surface area contributed by atoms with Gasteiger partial charge in [-0.25, -0.2) is 0 Å². The molecule has 0 aliphatic carbocycles. The Balaban J connectivity index is 2.73. The third kappa shape index (κ3) is 3.33. The van der Waals surface area contributed by atoms with E-state index in [-0.39, 0.29) is 0 Å². The van der Waals surface area contributed by atoms with Crippen molar-refractivity contribution in [3.63, 3.8) is 0 Å². The van der Waals surface area contributed by atoms with E-state index < -0.39 is 0 Å². The van der Waals surface area contributed by atoms with E-state index in [0.717, 1.165) is 10.9 Å². The number of hydrogen-bond donors (Lipinski definition) is 1. The minimum Gasteiger partial charge on any atom is -0.330 e. The Bertz CT molecular complexity index is 305. The van der Waals surface area contributed by atoms with E-state index in [0.29, 0.717) is 6.54 Å². The summed E-state index contributed by atoms with van der Waals surface area (Å²) in [5.74, 6) is 0. The SMILES string of the molecule is Cc1ccc(C=CCCN)cc1Br. The molecule has 1 nitrogen and oxygen atoms in total. The second-order valence-corrected chi connectivity index (χ2v) is 3.84. The van der Waals surface area contributed by atoms with Crippen LogP contribution in [0.2, 0.25) is 0 Å². The Morgan fingerprint density at radius 1 is 1.46 bits per heavy atom. The Kier molecular flexibility index (Phi) is 4.19. The van der Waals surface area contributed by atoms with Gasteiger partial charge < -0.3 is 5.73 Å². The van der Waals surface area contributed by atoms with E-state index in [4.69, 9.17) is 5.73 Å². The fraction of sp³-hybridized carbons (Fsp3) is 0.273. The summed E-state index contributed by atoms with van der Waals surface area (Å²) < 4.78 is 1.15. The summed E-state index contributed by atoms with van der Waals surface area (Å²) in [6, 6.07) is 6.32. The minimum atomic E-state index is 0.712. The third-order valence-corrected chi connectivity index (χ3v) is 2.69. The summed E-state index contributed by atoms with van der Waals surface area (Å²) in [4.78, 5) is 0. The van der Waals surface area contributed by atoms with Crippen LogP contribution in [0.4, 0.5) is 0 Å². The molecular weight excluding hydrogens is 226 g/mol. The first kappa shape index (κ1) is 10.5. The minimum absolute atomic E-state index is 0.712. The number of halogens is 1. The molecule has 0 fully saturated rings. The maximum atomic E-state index is 5.39. The highest BCUT2D eigenvalue weighted by atomic mass is 79.9. The van der Waals surface area contributed by atoms with Gasteiger partial charge >= 0.3 is 0 Å². The first-order valence-electron chi connectivity index (χ1n) is 4.37. The van der Waals surface area contributed by atoms with Gasteiger partial charge in [0.25, 0.3) is 0 Å². The van der Waals surface area contributed by atoms with Crippen LogP contribution in [0, 0.1) is 6.92 Å². The number of aryl methyl sites for hydroxylation is 1. The summed E-state index contributed by atoms with van der Waals surface area (Å²) in [6.45, 7) is 2.79. The topological polar surface area (TPSA) is 26.0 Å². The molecule has 0 bridgehead atoms. The Hall–Kier alpha value is -0.600. The molecule has 0 aromatic heterocycles. The van der Waals surface area contributed by atoms with Gasteiger partial charge in [0.05, 0.1) is 0 Å². The Morgan fingerprint density at radius 2 is 2.23 bits per heavy atom. The van der Waals surface area contributed by atoms with Gasteiger partial charge in [0.15, 0.2) is 0 Å². The van der Waals surface area contributed by atoms with Gasteiger partial charge in [-0.3, -0.25) is 0 Å². The van der Waals surface area contributed by atoms with Crippen LogP contribution in [-0.4, -0.2) is 6.54 Å². The van der Waals surface area contributed by atoms with Crippen LogP contribution in [0.5, 0.6) is 0 Å². The largest absolute Gasteiger partial charge is 0.330 e. The molecular formula is C11H14BrN. The zero-order valence-electron chi connectivity index (χ0n) is 7.76. The number of nitrogens with two attached hydrogens (primary N) is 1. The first-order valence-corrected chi connectivity index (χ1v) is 5.16.